The van der Waals surface area contributed by atoms with Gasteiger partial charge in [-0.05, 0) is 45.4 Å². The number of aromatic amines is 1. The molecule has 140 valence electrons. The summed E-state index contributed by atoms with van der Waals surface area (Å²) >= 11 is 6.13. The monoisotopic (exact) mass is 378 g/mol. The number of hydrogen-bond donors (Lipinski definition) is 3. The molecule has 2 aromatic rings. The Morgan fingerprint density at radius 2 is 2.08 bits per heavy atom. The molecule has 0 unspecified atom stereocenters. The molecule has 0 saturated carbocycles. The minimum atomic E-state index is -0.474. The molecule has 0 aliphatic rings. The van der Waals surface area contributed by atoms with Crippen LogP contribution in [0, 0.1) is 6.92 Å². The van der Waals surface area contributed by atoms with Crippen molar-refractivity contribution < 1.29 is 14.3 Å². The van der Waals surface area contributed by atoms with Crippen molar-refractivity contribution >= 4 is 29.3 Å². The van der Waals surface area contributed by atoms with Crippen molar-refractivity contribution in [3.05, 3.63) is 46.5 Å². The predicted octanol–water partition coefficient (Wildman–Crippen LogP) is 4.21. The zero-order chi connectivity index (χ0) is 19.3. The molecule has 7 nitrogen and oxygen atoms in total. The third-order valence-electron chi connectivity index (χ3n) is 3.56. The molecule has 1 atom stereocenters. The average Bonchev–Trinajstić information content (AvgIpc) is 3.00. The number of benzene rings is 1. The molecule has 1 aromatic heterocycles. The SMILES string of the molecule is CC[C@@H](NC(=O)Nc1cc(C(=O)OC(C)C)ccc1Cl)c1ncc(C)[nH]1. The van der Waals surface area contributed by atoms with Crippen molar-refractivity contribution in [3.8, 4) is 0 Å². The van der Waals surface area contributed by atoms with Crippen LogP contribution in [-0.2, 0) is 4.74 Å². The van der Waals surface area contributed by atoms with Gasteiger partial charge in [0, 0.05) is 11.9 Å². The Labute approximate surface area is 157 Å². The van der Waals surface area contributed by atoms with Gasteiger partial charge in [0.1, 0.15) is 5.82 Å². The van der Waals surface area contributed by atoms with Crippen molar-refractivity contribution in [2.45, 2.75) is 46.3 Å². The van der Waals surface area contributed by atoms with Gasteiger partial charge < -0.3 is 20.4 Å². The Balaban J connectivity index is 2.09. The summed E-state index contributed by atoms with van der Waals surface area (Å²) in [5.41, 5.74) is 1.56. The highest BCUT2D eigenvalue weighted by atomic mass is 35.5. The van der Waals surface area contributed by atoms with Gasteiger partial charge in [-0.15, -0.1) is 0 Å². The van der Waals surface area contributed by atoms with E-state index in [1.807, 2.05) is 13.8 Å². The van der Waals surface area contributed by atoms with Crippen LogP contribution in [0.1, 0.15) is 55.1 Å². The Morgan fingerprint density at radius 3 is 2.65 bits per heavy atom. The molecule has 0 radical (unpaired) electrons. The summed E-state index contributed by atoms with van der Waals surface area (Å²) in [4.78, 5) is 31.7. The van der Waals surface area contributed by atoms with Gasteiger partial charge in [0.15, 0.2) is 0 Å². The lowest BCUT2D eigenvalue weighted by Gasteiger charge is -2.16. The number of amides is 2. The number of anilines is 1. The molecule has 3 N–H and O–H groups in total. The smallest absolute Gasteiger partial charge is 0.338 e. The second-order valence-electron chi connectivity index (χ2n) is 6.16. The molecule has 2 rings (SSSR count). The normalized spacial score (nSPS) is 11.9. The second kappa shape index (κ2) is 8.71. The fraction of sp³-hybridized carbons (Fsp3) is 0.389. The van der Waals surface area contributed by atoms with Gasteiger partial charge in [0.2, 0.25) is 0 Å². The number of aromatic nitrogens is 2. The summed E-state index contributed by atoms with van der Waals surface area (Å²) in [6, 6.07) is 3.88. The number of nitrogens with one attached hydrogen (secondary N) is 3. The van der Waals surface area contributed by atoms with E-state index >= 15 is 0 Å². The molecular formula is C18H23ClN4O3. The topological polar surface area (TPSA) is 96.1 Å². The lowest BCUT2D eigenvalue weighted by molar-refractivity contribution is 0.0378. The first-order valence-corrected chi connectivity index (χ1v) is 8.77. The third kappa shape index (κ3) is 5.23. The summed E-state index contributed by atoms with van der Waals surface area (Å²) in [5, 5.41) is 5.83. The fourth-order valence-corrected chi connectivity index (χ4v) is 2.49. The fourth-order valence-electron chi connectivity index (χ4n) is 2.32. The number of imidazole rings is 1. The van der Waals surface area contributed by atoms with Crippen molar-refractivity contribution in [1.82, 2.24) is 15.3 Å². The van der Waals surface area contributed by atoms with Gasteiger partial charge in [-0.1, -0.05) is 18.5 Å². The quantitative estimate of drug-likeness (QED) is 0.656. The largest absolute Gasteiger partial charge is 0.459 e. The Kier molecular flexibility index (Phi) is 6.63. The molecule has 2 amide bonds. The van der Waals surface area contributed by atoms with E-state index in [4.69, 9.17) is 16.3 Å². The number of carbonyl (C=O) groups is 2. The van der Waals surface area contributed by atoms with E-state index in [0.717, 1.165) is 5.69 Å². The number of halogens is 1. The van der Waals surface area contributed by atoms with E-state index in [1.165, 1.54) is 6.07 Å². The third-order valence-corrected chi connectivity index (χ3v) is 3.89. The van der Waals surface area contributed by atoms with Crippen LogP contribution in [0.2, 0.25) is 5.02 Å². The van der Waals surface area contributed by atoms with E-state index in [2.05, 4.69) is 20.6 Å². The Hall–Kier alpha value is -2.54. The summed E-state index contributed by atoms with van der Waals surface area (Å²) in [5.74, 6) is 0.207. The number of aryl methyl sites for hydroxylation is 1. The molecule has 0 aliphatic heterocycles. The van der Waals surface area contributed by atoms with Crippen molar-refractivity contribution in [2.75, 3.05) is 5.32 Å². The van der Waals surface area contributed by atoms with E-state index in [-0.39, 0.29) is 12.1 Å². The predicted molar refractivity (Wildman–Crippen MR) is 101 cm³/mol. The van der Waals surface area contributed by atoms with E-state index in [0.29, 0.717) is 28.5 Å². The highest BCUT2D eigenvalue weighted by Gasteiger charge is 2.17. The molecule has 0 bridgehead atoms. The number of H-pyrrole nitrogens is 1. The number of nitrogens with zero attached hydrogens (tertiary/aromatic N) is 1. The second-order valence-corrected chi connectivity index (χ2v) is 6.57. The number of hydrogen-bond acceptors (Lipinski definition) is 4. The van der Waals surface area contributed by atoms with Crippen LogP contribution in [0.3, 0.4) is 0 Å². The van der Waals surface area contributed by atoms with Crippen molar-refractivity contribution in [3.63, 3.8) is 0 Å². The molecule has 0 saturated heterocycles. The number of esters is 1. The highest BCUT2D eigenvalue weighted by Crippen LogP contribution is 2.24. The molecule has 0 aliphatic carbocycles. The van der Waals surface area contributed by atoms with Crippen LogP contribution in [0.4, 0.5) is 10.5 Å². The molecule has 0 fully saturated rings. The maximum absolute atomic E-state index is 12.3. The first-order chi connectivity index (χ1) is 12.3. The van der Waals surface area contributed by atoms with Crippen LogP contribution in [0.5, 0.6) is 0 Å². The minimum Gasteiger partial charge on any atom is -0.459 e. The van der Waals surface area contributed by atoms with E-state index < -0.39 is 12.0 Å². The van der Waals surface area contributed by atoms with Crippen LogP contribution in [0.25, 0.3) is 0 Å². The first-order valence-electron chi connectivity index (χ1n) is 8.39. The number of carbonyl (C=O) groups excluding carboxylic acids is 2. The number of urea groups is 1. The summed E-state index contributed by atoms with van der Waals surface area (Å²) < 4.78 is 5.16. The average molecular weight is 379 g/mol. The zero-order valence-corrected chi connectivity index (χ0v) is 16.0. The standard InChI is InChI=1S/C18H23ClN4O3/c1-5-14(16-20-9-11(4)21-16)22-18(25)23-15-8-12(6-7-13(15)19)17(24)26-10(2)3/h6-10,14H,5H2,1-4H3,(H,20,21)(H2,22,23,25)/t14-/m1/s1. The zero-order valence-electron chi connectivity index (χ0n) is 15.2. The summed E-state index contributed by atoms with van der Waals surface area (Å²) in [7, 11) is 0. The number of rotatable bonds is 6. The molecule has 1 aromatic carbocycles. The van der Waals surface area contributed by atoms with Gasteiger partial charge in [0.25, 0.3) is 0 Å². The highest BCUT2D eigenvalue weighted by molar-refractivity contribution is 6.33. The van der Waals surface area contributed by atoms with Crippen LogP contribution < -0.4 is 10.6 Å². The van der Waals surface area contributed by atoms with Gasteiger partial charge in [-0.2, -0.15) is 0 Å². The number of ether oxygens (including phenoxy) is 1. The van der Waals surface area contributed by atoms with E-state index in [9.17, 15) is 9.59 Å². The van der Waals surface area contributed by atoms with Gasteiger partial charge in [-0.25, -0.2) is 14.6 Å². The maximum Gasteiger partial charge on any atom is 0.338 e. The maximum atomic E-state index is 12.3. The van der Waals surface area contributed by atoms with Gasteiger partial charge in [-0.3, -0.25) is 0 Å². The molecule has 26 heavy (non-hydrogen) atoms. The van der Waals surface area contributed by atoms with Gasteiger partial charge in [0.05, 0.1) is 28.4 Å². The Morgan fingerprint density at radius 1 is 1.35 bits per heavy atom. The summed E-state index contributed by atoms with van der Waals surface area (Å²) in [6.07, 6.45) is 2.13. The molecular weight excluding hydrogens is 356 g/mol. The van der Waals surface area contributed by atoms with Crippen molar-refractivity contribution in [1.29, 1.82) is 0 Å². The molecule has 0 spiro atoms. The molecule has 1 heterocycles. The summed E-state index contributed by atoms with van der Waals surface area (Å²) in [6.45, 7) is 7.37. The first kappa shape index (κ1) is 19.8. The van der Waals surface area contributed by atoms with E-state index in [1.54, 1.807) is 32.2 Å². The van der Waals surface area contributed by atoms with Crippen LogP contribution in [0.15, 0.2) is 24.4 Å². The lowest BCUT2D eigenvalue weighted by Crippen LogP contribution is -2.33. The Bertz CT molecular complexity index is 788. The minimum absolute atomic E-state index is 0.236. The van der Waals surface area contributed by atoms with Crippen molar-refractivity contribution in [2.24, 2.45) is 0 Å². The van der Waals surface area contributed by atoms with Crippen LogP contribution in [-0.4, -0.2) is 28.1 Å². The molecule has 8 heteroatoms. The lowest BCUT2D eigenvalue weighted by atomic mass is 10.2. The van der Waals surface area contributed by atoms with Gasteiger partial charge >= 0.3 is 12.0 Å². The van der Waals surface area contributed by atoms with Crippen LogP contribution >= 0.6 is 11.6 Å².